The first-order valence-electron chi connectivity index (χ1n) is 9.85. The number of rotatable bonds is 14. The molecule has 0 aliphatic rings. The lowest BCUT2D eigenvalue weighted by atomic mass is 10.0. The fraction of sp³-hybridized carbons (Fsp3) is 1.00. The van der Waals surface area contributed by atoms with Gasteiger partial charge in [-0.2, -0.15) is 0 Å². The number of hydrogen-bond donors (Lipinski definition) is 17. The van der Waals surface area contributed by atoms with Crippen LogP contribution in [0, 0.1) is 0 Å². The van der Waals surface area contributed by atoms with Gasteiger partial charge in [0.25, 0.3) is 0 Å². The molecule has 0 saturated heterocycles. The van der Waals surface area contributed by atoms with Gasteiger partial charge in [0, 0.05) is 0 Å². The lowest BCUT2D eigenvalue weighted by Crippen LogP contribution is -2.46. The van der Waals surface area contributed by atoms with E-state index in [1.807, 2.05) is 0 Å². The maximum Gasteiger partial charge on any atom is 0.111 e. The van der Waals surface area contributed by atoms with Crippen LogP contribution in [-0.2, 0) is 0 Å². The predicted molar refractivity (Wildman–Crippen MR) is 109 cm³/mol. The molecule has 0 spiro atoms. The van der Waals surface area contributed by atoms with E-state index < -0.39 is 107 Å². The van der Waals surface area contributed by atoms with E-state index in [2.05, 4.69) is 0 Å². The normalized spacial score (nSPS) is 21.1. The van der Waals surface area contributed by atoms with Crippen molar-refractivity contribution in [2.45, 2.75) is 67.1 Å². The van der Waals surface area contributed by atoms with E-state index in [1.54, 1.807) is 0 Å². The summed E-state index contributed by atoms with van der Waals surface area (Å²) in [5, 5.41) is 147. The zero-order chi connectivity index (χ0) is 27.6. The molecule has 0 aliphatic carbocycles. The van der Waals surface area contributed by atoms with Gasteiger partial charge in [0.1, 0.15) is 67.1 Å². The molecule has 210 valence electrons. The molecular formula is C17H40O17. The van der Waals surface area contributed by atoms with Crippen LogP contribution in [-0.4, -0.2) is 194 Å². The van der Waals surface area contributed by atoms with Crippen molar-refractivity contribution in [1.82, 2.24) is 0 Å². The third-order valence-electron chi connectivity index (χ3n) is 4.19. The van der Waals surface area contributed by atoms with Crippen molar-refractivity contribution in [2.24, 2.45) is 0 Å². The lowest BCUT2D eigenvalue weighted by molar-refractivity contribution is -0.123. The summed E-state index contributed by atoms with van der Waals surface area (Å²) in [6, 6.07) is 0. The van der Waals surface area contributed by atoms with Gasteiger partial charge in [-0.1, -0.05) is 0 Å². The number of aliphatic hydroxyl groups excluding tert-OH is 17. The molecule has 17 nitrogen and oxygen atoms in total. The molecule has 0 fully saturated rings. The van der Waals surface area contributed by atoms with Crippen LogP contribution in [0.2, 0.25) is 0 Å². The van der Waals surface area contributed by atoms with Crippen molar-refractivity contribution in [3.63, 3.8) is 0 Å². The average Bonchev–Trinajstić information content (AvgIpc) is 2.88. The Morgan fingerprint density at radius 3 is 0.471 bits per heavy atom. The van der Waals surface area contributed by atoms with Crippen molar-refractivity contribution >= 4 is 0 Å². The van der Waals surface area contributed by atoms with Crippen molar-refractivity contribution in [3.8, 4) is 0 Å². The Morgan fingerprint density at radius 2 is 0.353 bits per heavy atom. The Kier molecular flexibility index (Phi) is 24.0. The summed E-state index contributed by atoms with van der Waals surface area (Å²) in [5.74, 6) is 0. The first kappa shape index (κ1) is 37.9. The van der Waals surface area contributed by atoms with Gasteiger partial charge in [-0.15, -0.1) is 0 Å². The van der Waals surface area contributed by atoms with E-state index in [9.17, 15) is 0 Å². The third-order valence-corrected chi connectivity index (χ3v) is 4.19. The zero-order valence-electron chi connectivity index (χ0n) is 18.2. The third kappa shape index (κ3) is 15.3. The van der Waals surface area contributed by atoms with E-state index in [1.165, 1.54) is 0 Å². The van der Waals surface area contributed by atoms with Crippen LogP contribution in [0.25, 0.3) is 0 Å². The van der Waals surface area contributed by atoms with Gasteiger partial charge in [0.15, 0.2) is 0 Å². The lowest BCUT2D eigenvalue weighted by Gasteiger charge is -2.24. The second-order valence-corrected chi connectivity index (χ2v) is 6.95. The molecular weight excluding hydrogens is 476 g/mol. The van der Waals surface area contributed by atoms with Crippen LogP contribution < -0.4 is 0 Å². The van der Waals surface area contributed by atoms with Crippen molar-refractivity contribution in [2.75, 3.05) is 39.6 Å². The van der Waals surface area contributed by atoms with Gasteiger partial charge >= 0.3 is 0 Å². The average molecular weight is 516 g/mol. The van der Waals surface area contributed by atoms with E-state index in [-0.39, 0.29) is 0 Å². The molecule has 17 N–H and O–H groups in total. The van der Waals surface area contributed by atoms with Crippen LogP contribution >= 0.6 is 0 Å². The Hall–Kier alpha value is -0.680. The van der Waals surface area contributed by atoms with Crippen LogP contribution in [0.1, 0.15) is 0 Å². The van der Waals surface area contributed by atoms with Gasteiger partial charge in [0.2, 0.25) is 0 Å². The highest BCUT2D eigenvalue weighted by atomic mass is 16.4. The van der Waals surface area contributed by atoms with Crippen LogP contribution in [0.15, 0.2) is 0 Å². The topological polar surface area (TPSA) is 344 Å². The van der Waals surface area contributed by atoms with E-state index in [0.29, 0.717) is 0 Å². The molecule has 10 unspecified atom stereocenters. The maximum absolute atomic E-state index is 8.96. The number of aliphatic hydroxyl groups is 17. The molecule has 10 atom stereocenters. The minimum absolute atomic E-state index is 0.641. The van der Waals surface area contributed by atoms with Crippen molar-refractivity contribution in [1.29, 1.82) is 0 Å². The summed E-state index contributed by atoms with van der Waals surface area (Å²) in [4.78, 5) is 0. The molecule has 0 radical (unpaired) electrons. The Balaban J connectivity index is -0.000000426. The van der Waals surface area contributed by atoms with Crippen LogP contribution in [0.5, 0.6) is 0 Å². The summed E-state index contributed by atoms with van der Waals surface area (Å²) in [6.07, 6.45) is -17.1. The molecule has 0 aromatic rings. The van der Waals surface area contributed by atoms with Gasteiger partial charge in [-0.3, -0.25) is 0 Å². The fourth-order valence-corrected chi connectivity index (χ4v) is 1.81. The van der Waals surface area contributed by atoms with E-state index in [4.69, 9.17) is 86.8 Å². The smallest absolute Gasteiger partial charge is 0.111 e. The monoisotopic (exact) mass is 516 g/mol. The molecule has 0 aliphatic heterocycles. The van der Waals surface area contributed by atoms with Crippen LogP contribution in [0.3, 0.4) is 0 Å². The summed E-state index contributed by atoms with van der Waals surface area (Å²) >= 11 is 0. The van der Waals surface area contributed by atoms with Gasteiger partial charge in [-0.05, 0) is 0 Å². The summed E-state index contributed by atoms with van der Waals surface area (Å²) in [7, 11) is 0. The SMILES string of the molecule is OCC(O)C(O)C(O)C(O)CO.OCC(O)C(O)C(O)C(O)CO.OCC(O)C(O)C(O)CO. The molecule has 0 amide bonds. The van der Waals surface area contributed by atoms with Gasteiger partial charge < -0.3 is 86.8 Å². The fourth-order valence-electron chi connectivity index (χ4n) is 1.81. The summed E-state index contributed by atoms with van der Waals surface area (Å²) in [6.45, 7) is -4.18. The second kappa shape index (κ2) is 21.6. The molecule has 34 heavy (non-hydrogen) atoms. The van der Waals surface area contributed by atoms with E-state index >= 15 is 0 Å². The minimum atomic E-state index is -1.67. The Morgan fingerprint density at radius 1 is 0.235 bits per heavy atom. The zero-order valence-corrected chi connectivity index (χ0v) is 18.2. The first-order chi connectivity index (χ1) is 15.7. The minimum Gasteiger partial charge on any atom is -0.394 e. The molecule has 17 heteroatoms. The maximum atomic E-state index is 8.96. The first-order valence-corrected chi connectivity index (χ1v) is 9.85. The highest BCUT2D eigenvalue weighted by Crippen LogP contribution is 2.05. The van der Waals surface area contributed by atoms with Gasteiger partial charge in [0.05, 0.1) is 39.6 Å². The molecule has 0 rings (SSSR count). The van der Waals surface area contributed by atoms with Crippen LogP contribution in [0.4, 0.5) is 0 Å². The molecule has 0 saturated carbocycles. The second-order valence-electron chi connectivity index (χ2n) is 6.95. The van der Waals surface area contributed by atoms with Crippen molar-refractivity contribution < 1.29 is 86.8 Å². The predicted octanol–water partition coefficient (Wildman–Crippen LogP) is -10.1. The van der Waals surface area contributed by atoms with Crippen molar-refractivity contribution in [3.05, 3.63) is 0 Å². The molecule has 0 aromatic carbocycles. The highest BCUT2D eigenvalue weighted by molar-refractivity contribution is 4.80. The standard InChI is InChI=1S/2C6H14O6.C5H12O5/c2*7-1-3(9)5(11)6(12)4(10)2-8;6-1-3(8)5(10)4(9)2-7/h2*3-12H,1-2H2;3-10H,1-2H2. The summed E-state index contributed by atoms with van der Waals surface area (Å²) < 4.78 is 0. The molecule has 0 aromatic heterocycles. The van der Waals surface area contributed by atoms with Gasteiger partial charge in [-0.25, -0.2) is 0 Å². The number of hydrogen-bond acceptors (Lipinski definition) is 17. The highest BCUT2D eigenvalue weighted by Gasteiger charge is 2.30. The molecule has 0 heterocycles. The largest absolute Gasteiger partial charge is 0.394 e. The Bertz CT molecular complexity index is 380. The molecule has 0 bridgehead atoms. The quantitative estimate of drug-likeness (QED) is 0.102. The summed E-state index contributed by atoms with van der Waals surface area (Å²) in [5.41, 5.74) is 0. The Labute approximate surface area is 194 Å². The van der Waals surface area contributed by atoms with E-state index in [0.717, 1.165) is 0 Å².